The van der Waals surface area contributed by atoms with Crippen LogP contribution in [0.5, 0.6) is 0 Å². The fourth-order valence-corrected chi connectivity index (χ4v) is 12.0. The van der Waals surface area contributed by atoms with Crippen molar-refractivity contribution in [1.82, 2.24) is 0 Å². The van der Waals surface area contributed by atoms with Crippen molar-refractivity contribution in [1.29, 1.82) is 0 Å². The molecular weight excluding hydrogens is 917 g/mol. The Hall–Kier alpha value is -10.0. The number of benzene rings is 14. The number of nitrogens with zero attached hydrogens (tertiary/aromatic N) is 2. The predicted octanol–water partition coefficient (Wildman–Crippen LogP) is 21.3. The van der Waals surface area contributed by atoms with E-state index in [0.29, 0.717) is 0 Å². The first-order valence-corrected chi connectivity index (χ1v) is 26.1. The topological polar surface area (TPSA) is 6.48 Å². The highest BCUT2D eigenvalue weighted by Gasteiger charge is 2.25. The molecule has 76 heavy (non-hydrogen) atoms. The van der Waals surface area contributed by atoms with Crippen LogP contribution in [0.2, 0.25) is 0 Å². The van der Waals surface area contributed by atoms with Gasteiger partial charge in [0.05, 0.1) is 11.4 Å². The Morgan fingerprint density at radius 1 is 0.237 bits per heavy atom. The molecule has 0 saturated heterocycles. The number of rotatable bonds is 10. The van der Waals surface area contributed by atoms with Gasteiger partial charge in [-0.2, -0.15) is 0 Å². The summed E-state index contributed by atoms with van der Waals surface area (Å²) >= 11 is 0. The molecule has 0 radical (unpaired) electrons. The van der Waals surface area contributed by atoms with Crippen LogP contribution in [0.25, 0.3) is 110 Å². The van der Waals surface area contributed by atoms with E-state index in [9.17, 15) is 0 Å². The summed E-state index contributed by atoms with van der Waals surface area (Å²) in [6, 6.07) is 98.4. The van der Waals surface area contributed by atoms with Gasteiger partial charge in [-0.3, -0.25) is 0 Å². The van der Waals surface area contributed by atoms with E-state index >= 15 is 0 Å². The first-order valence-electron chi connectivity index (χ1n) is 26.1. The minimum atomic E-state index is 1.02. The van der Waals surface area contributed by atoms with E-state index in [0.717, 1.165) is 56.0 Å². The van der Waals surface area contributed by atoms with Crippen molar-refractivity contribution >= 4 is 122 Å². The number of fused-ring (bicyclic) bond motifs is 7. The third kappa shape index (κ3) is 7.42. The summed E-state index contributed by atoms with van der Waals surface area (Å²) in [6.45, 7) is 8.39. The number of hydrogen-bond donors (Lipinski definition) is 0. The molecule has 0 atom stereocenters. The lowest BCUT2D eigenvalue weighted by Gasteiger charge is -2.29. The zero-order valence-corrected chi connectivity index (χ0v) is 41.9. The molecule has 0 N–H and O–H groups in total. The zero-order chi connectivity index (χ0) is 50.7. The third-order valence-electron chi connectivity index (χ3n) is 15.5. The SMILES string of the molecule is C=Cc1ccc(N(c2ccc3c(-c4cccc5ccccc45)c4cc(N(c5ccc6ccccc6c5)c5cccc6ccccc56)ccc4c(-c4cccc5ccccc45)c3c2)c2cccc3ccccc23)cc1C=C. The van der Waals surface area contributed by atoms with Crippen molar-refractivity contribution in [2.75, 3.05) is 9.80 Å². The minimum Gasteiger partial charge on any atom is -0.310 e. The highest BCUT2D eigenvalue weighted by molar-refractivity contribution is 6.26. The fourth-order valence-electron chi connectivity index (χ4n) is 12.0. The van der Waals surface area contributed by atoms with Gasteiger partial charge in [0.25, 0.3) is 0 Å². The van der Waals surface area contributed by atoms with Gasteiger partial charge in [0.2, 0.25) is 0 Å². The maximum atomic E-state index is 4.24. The van der Waals surface area contributed by atoms with E-state index < -0.39 is 0 Å². The molecule has 2 heteroatoms. The molecule has 0 saturated carbocycles. The molecule has 0 bridgehead atoms. The largest absolute Gasteiger partial charge is 0.310 e. The van der Waals surface area contributed by atoms with Crippen LogP contribution in [0, 0.1) is 0 Å². The van der Waals surface area contributed by atoms with Crippen molar-refractivity contribution in [2.45, 2.75) is 0 Å². The molecular formula is C74H50N2. The lowest BCUT2D eigenvalue weighted by molar-refractivity contribution is 1.30. The Morgan fingerprint density at radius 2 is 0.605 bits per heavy atom. The van der Waals surface area contributed by atoms with E-state index in [2.05, 4.69) is 290 Å². The molecule has 356 valence electrons. The van der Waals surface area contributed by atoms with Gasteiger partial charge < -0.3 is 9.80 Å². The monoisotopic (exact) mass is 966 g/mol. The Kier molecular flexibility index (Phi) is 10.9. The second kappa shape index (κ2) is 18.5. The van der Waals surface area contributed by atoms with Gasteiger partial charge >= 0.3 is 0 Å². The summed E-state index contributed by atoms with van der Waals surface area (Å²) in [5.41, 5.74) is 13.3. The number of hydrogen-bond acceptors (Lipinski definition) is 2. The smallest absolute Gasteiger partial charge is 0.0540 e. The lowest BCUT2D eigenvalue weighted by atomic mass is 9.83. The van der Waals surface area contributed by atoms with Gasteiger partial charge in [-0.1, -0.05) is 232 Å². The fraction of sp³-hybridized carbons (Fsp3) is 0. The van der Waals surface area contributed by atoms with Gasteiger partial charge in [-0.05, 0) is 159 Å². The molecule has 14 rings (SSSR count). The maximum absolute atomic E-state index is 4.24. The van der Waals surface area contributed by atoms with Crippen LogP contribution in [-0.4, -0.2) is 0 Å². The van der Waals surface area contributed by atoms with Crippen molar-refractivity contribution < 1.29 is 0 Å². The van der Waals surface area contributed by atoms with Crippen LogP contribution in [0.1, 0.15) is 11.1 Å². The molecule has 0 aliphatic heterocycles. The first-order chi connectivity index (χ1) is 37.6. The minimum absolute atomic E-state index is 1.02. The Bertz CT molecular complexity index is 4640. The van der Waals surface area contributed by atoms with Gasteiger partial charge in [0.1, 0.15) is 0 Å². The summed E-state index contributed by atoms with van der Waals surface area (Å²) in [5, 5.41) is 16.6. The summed E-state index contributed by atoms with van der Waals surface area (Å²) in [7, 11) is 0. The molecule has 0 fully saturated rings. The van der Waals surface area contributed by atoms with Crippen molar-refractivity contribution in [3.63, 3.8) is 0 Å². The third-order valence-corrected chi connectivity index (χ3v) is 15.5. The van der Waals surface area contributed by atoms with Crippen LogP contribution in [0.4, 0.5) is 34.1 Å². The highest BCUT2D eigenvalue weighted by atomic mass is 15.1. The van der Waals surface area contributed by atoms with Crippen LogP contribution in [0.3, 0.4) is 0 Å². The summed E-state index contributed by atoms with van der Waals surface area (Å²) < 4.78 is 0. The Balaban J connectivity index is 1.13. The lowest BCUT2D eigenvalue weighted by Crippen LogP contribution is -2.11. The van der Waals surface area contributed by atoms with E-state index in [4.69, 9.17) is 0 Å². The average molecular weight is 967 g/mol. The van der Waals surface area contributed by atoms with Gasteiger partial charge in [-0.15, -0.1) is 0 Å². The van der Waals surface area contributed by atoms with Gasteiger partial charge in [0.15, 0.2) is 0 Å². The molecule has 2 nitrogen and oxygen atoms in total. The van der Waals surface area contributed by atoms with Crippen LogP contribution < -0.4 is 9.80 Å². The quantitative estimate of drug-likeness (QED) is 0.126. The second-order valence-electron chi connectivity index (χ2n) is 19.7. The van der Waals surface area contributed by atoms with E-state index in [1.807, 2.05) is 12.2 Å². The van der Waals surface area contributed by atoms with E-state index in [-0.39, 0.29) is 0 Å². The van der Waals surface area contributed by atoms with Crippen LogP contribution in [0.15, 0.2) is 280 Å². The van der Waals surface area contributed by atoms with Crippen LogP contribution in [-0.2, 0) is 0 Å². The standard InChI is InChI=1S/C74H50N2/c1-3-49-37-39-57(45-50(49)4-2)75(71-35-17-27-54-22-9-13-31-63(54)71)59-41-43-67-69(47-59)73(65-33-15-25-52-20-7-11-29-61(52)65)68-44-42-60(48-70(68)74(67)66-34-16-26-53-21-8-12-30-62(53)66)76(58-40-38-51-19-5-6-24-56(51)46-58)72-36-18-28-55-23-10-14-32-64(55)72/h3-48H,1-2H2. The first kappa shape index (κ1) is 44.7. The van der Waals surface area contributed by atoms with E-state index in [1.165, 1.54) is 86.9 Å². The highest BCUT2D eigenvalue weighted by Crippen LogP contribution is 2.51. The molecule has 0 unspecified atom stereocenters. The van der Waals surface area contributed by atoms with Crippen molar-refractivity contribution in [3.05, 3.63) is 291 Å². The molecule has 0 aliphatic rings. The summed E-state index contributed by atoms with van der Waals surface area (Å²) in [4.78, 5) is 4.88. The molecule has 0 aromatic heterocycles. The average Bonchev–Trinajstić information content (AvgIpc) is 3.61. The maximum Gasteiger partial charge on any atom is 0.0540 e. The molecule has 14 aromatic carbocycles. The van der Waals surface area contributed by atoms with Crippen LogP contribution >= 0.6 is 0 Å². The summed E-state index contributed by atoms with van der Waals surface area (Å²) in [5.74, 6) is 0. The van der Waals surface area contributed by atoms with Crippen molar-refractivity contribution in [2.24, 2.45) is 0 Å². The van der Waals surface area contributed by atoms with Crippen molar-refractivity contribution in [3.8, 4) is 22.3 Å². The number of anilines is 6. The van der Waals surface area contributed by atoms with Gasteiger partial charge in [-0.25, -0.2) is 0 Å². The molecule has 0 spiro atoms. The normalized spacial score (nSPS) is 11.5. The molecule has 14 aromatic rings. The zero-order valence-electron chi connectivity index (χ0n) is 41.9. The Morgan fingerprint density at radius 3 is 1.11 bits per heavy atom. The summed E-state index contributed by atoms with van der Waals surface area (Å²) in [6.07, 6.45) is 3.84. The predicted molar refractivity (Wildman–Crippen MR) is 329 cm³/mol. The van der Waals surface area contributed by atoms with E-state index in [1.54, 1.807) is 0 Å². The Labute approximate surface area is 442 Å². The van der Waals surface area contributed by atoms with Gasteiger partial charge in [0, 0.05) is 33.5 Å². The molecule has 0 aliphatic carbocycles. The second-order valence-corrected chi connectivity index (χ2v) is 19.7. The molecule has 0 heterocycles. The molecule has 0 amide bonds.